The van der Waals surface area contributed by atoms with Crippen molar-refractivity contribution in [3.8, 4) is 11.3 Å². The average molecular weight is 489 g/mol. The highest BCUT2D eigenvalue weighted by Crippen LogP contribution is 2.33. The fourth-order valence-electron chi connectivity index (χ4n) is 3.60. The van der Waals surface area contributed by atoms with Gasteiger partial charge in [0.25, 0.3) is 0 Å². The average Bonchev–Trinajstić information content (AvgIpc) is 3.10. The van der Waals surface area contributed by atoms with E-state index >= 15 is 0 Å². The Bertz CT molecular complexity index is 995. The highest BCUT2D eigenvalue weighted by Gasteiger charge is 2.21. The minimum absolute atomic E-state index is 0.485. The van der Waals surface area contributed by atoms with E-state index in [1.807, 2.05) is 0 Å². The number of halogens is 1. The van der Waals surface area contributed by atoms with Crippen LogP contribution in [0.15, 0.2) is 41.1 Å². The van der Waals surface area contributed by atoms with Crippen molar-refractivity contribution in [1.82, 2.24) is 14.5 Å². The zero-order valence-electron chi connectivity index (χ0n) is 17.9. The third-order valence-corrected chi connectivity index (χ3v) is 7.57. The first-order valence-electron chi connectivity index (χ1n) is 10.4. The zero-order valence-corrected chi connectivity index (χ0v) is 20.5. The molecule has 0 radical (unpaired) electrons. The van der Waals surface area contributed by atoms with Crippen molar-refractivity contribution in [3.63, 3.8) is 0 Å². The van der Waals surface area contributed by atoms with Crippen LogP contribution in [0.2, 0.25) is 25.7 Å². The molecule has 8 heteroatoms. The highest BCUT2D eigenvalue weighted by atomic mass is 79.9. The number of hydrogen-bond acceptors (Lipinski definition) is 5. The highest BCUT2D eigenvalue weighted by molar-refractivity contribution is 9.10. The first-order chi connectivity index (χ1) is 14.4. The van der Waals surface area contributed by atoms with Gasteiger partial charge >= 0.3 is 0 Å². The normalized spacial score (nSPS) is 15.1. The van der Waals surface area contributed by atoms with Crippen LogP contribution in [0.5, 0.6) is 0 Å². The molecule has 1 aromatic carbocycles. The lowest BCUT2D eigenvalue weighted by Gasteiger charge is -2.28. The van der Waals surface area contributed by atoms with Crippen LogP contribution in [0.3, 0.4) is 0 Å². The standard InChI is InChI=1S/C22H29BrN4O2Si/c1-30(2,3)13-12-29-16-27-20(17-4-6-18(23)7-5-17)14-19-21(24-15-25-22(19)27)26-8-10-28-11-9-26/h4-7,14-15H,8-13,16H2,1-3H3. The van der Waals surface area contributed by atoms with E-state index in [-0.39, 0.29) is 0 Å². The summed E-state index contributed by atoms with van der Waals surface area (Å²) >= 11 is 3.54. The van der Waals surface area contributed by atoms with Gasteiger partial charge in [-0.05, 0) is 29.8 Å². The van der Waals surface area contributed by atoms with Crippen LogP contribution < -0.4 is 4.90 Å². The number of morpholine rings is 1. The second kappa shape index (κ2) is 9.17. The molecule has 0 atom stereocenters. The number of anilines is 1. The van der Waals surface area contributed by atoms with E-state index in [9.17, 15) is 0 Å². The Labute approximate surface area is 187 Å². The van der Waals surface area contributed by atoms with Gasteiger partial charge in [0.1, 0.15) is 24.5 Å². The molecule has 0 spiro atoms. The smallest absolute Gasteiger partial charge is 0.147 e. The van der Waals surface area contributed by atoms with E-state index < -0.39 is 8.07 Å². The van der Waals surface area contributed by atoms with Gasteiger partial charge in [-0.1, -0.05) is 47.7 Å². The number of rotatable bonds is 7. The first kappa shape index (κ1) is 21.5. The van der Waals surface area contributed by atoms with E-state index in [1.165, 1.54) is 0 Å². The van der Waals surface area contributed by atoms with E-state index in [0.29, 0.717) is 6.73 Å². The van der Waals surface area contributed by atoms with Gasteiger partial charge in [0.05, 0.1) is 24.3 Å². The van der Waals surface area contributed by atoms with E-state index in [2.05, 4.69) is 85.3 Å². The molecule has 0 aliphatic carbocycles. The Morgan fingerprint density at radius 1 is 1.10 bits per heavy atom. The van der Waals surface area contributed by atoms with Crippen molar-refractivity contribution >= 4 is 40.9 Å². The molecule has 0 saturated carbocycles. The summed E-state index contributed by atoms with van der Waals surface area (Å²) in [5.41, 5.74) is 3.15. The summed E-state index contributed by atoms with van der Waals surface area (Å²) < 4.78 is 14.9. The quantitative estimate of drug-likeness (QED) is 0.345. The SMILES string of the molecule is C[Si](C)(C)CCOCn1c(-c2ccc(Br)cc2)cc2c(N3CCOCC3)ncnc21. The number of fused-ring (bicyclic) bond motifs is 1. The third kappa shape index (κ3) is 4.94. The molecule has 0 bridgehead atoms. The fourth-order valence-corrected chi connectivity index (χ4v) is 4.62. The minimum atomic E-state index is -1.13. The van der Waals surface area contributed by atoms with Crippen molar-refractivity contribution in [3.05, 3.63) is 41.1 Å². The van der Waals surface area contributed by atoms with Crippen molar-refractivity contribution in [2.24, 2.45) is 0 Å². The molecule has 4 rings (SSSR count). The monoisotopic (exact) mass is 488 g/mol. The Balaban J connectivity index is 1.72. The molecule has 0 unspecified atom stereocenters. The summed E-state index contributed by atoms with van der Waals surface area (Å²) in [5, 5.41) is 1.06. The summed E-state index contributed by atoms with van der Waals surface area (Å²) in [6, 6.07) is 11.7. The van der Waals surface area contributed by atoms with Gasteiger partial charge in [-0.2, -0.15) is 0 Å². The van der Waals surface area contributed by atoms with Gasteiger partial charge < -0.3 is 18.9 Å². The van der Waals surface area contributed by atoms with Crippen molar-refractivity contribution in [1.29, 1.82) is 0 Å². The predicted molar refractivity (Wildman–Crippen MR) is 128 cm³/mol. The molecule has 3 heterocycles. The largest absolute Gasteiger partial charge is 0.378 e. The molecule has 6 nitrogen and oxygen atoms in total. The van der Waals surface area contributed by atoms with E-state index in [1.54, 1.807) is 6.33 Å². The maximum atomic E-state index is 6.13. The lowest BCUT2D eigenvalue weighted by molar-refractivity contribution is 0.0909. The maximum Gasteiger partial charge on any atom is 0.147 e. The Morgan fingerprint density at radius 3 is 2.53 bits per heavy atom. The van der Waals surface area contributed by atoms with Crippen molar-refractivity contribution < 1.29 is 9.47 Å². The van der Waals surface area contributed by atoms with Gasteiger partial charge in [0.2, 0.25) is 0 Å². The van der Waals surface area contributed by atoms with Crippen LogP contribution in [-0.4, -0.2) is 55.5 Å². The molecular weight excluding hydrogens is 460 g/mol. The van der Waals surface area contributed by atoms with Crippen molar-refractivity contribution in [2.45, 2.75) is 32.4 Å². The number of nitrogens with zero attached hydrogens (tertiary/aromatic N) is 4. The molecule has 3 aromatic rings. The van der Waals surface area contributed by atoms with Gasteiger partial charge in [0, 0.05) is 32.2 Å². The first-order valence-corrected chi connectivity index (χ1v) is 14.9. The van der Waals surface area contributed by atoms with Crippen LogP contribution in [0.4, 0.5) is 5.82 Å². The molecule has 1 saturated heterocycles. The van der Waals surface area contributed by atoms with Gasteiger partial charge in [-0.15, -0.1) is 0 Å². The molecule has 0 amide bonds. The van der Waals surface area contributed by atoms with Crippen LogP contribution >= 0.6 is 15.9 Å². The molecule has 0 N–H and O–H groups in total. The molecule has 1 aliphatic rings. The number of ether oxygens (including phenoxy) is 2. The second-order valence-electron chi connectivity index (χ2n) is 8.85. The Morgan fingerprint density at radius 2 is 1.83 bits per heavy atom. The summed E-state index contributed by atoms with van der Waals surface area (Å²) in [7, 11) is -1.13. The van der Waals surface area contributed by atoms with Gasteiger partial charge in [-0.25, -0.2) is 9.97 Å². The lowest BCUT2D eigenvalue weighted by Crippen LogP contribution is -2.36. The Kier molecular flexibility index (Phi) is 6.57. The lowest BCUT2D eigenvalue weighted by atomic mass is 10.1. The second-order valence-corrected chi connectivity index (χ2v) is 15.4. The van der Waals surface area contributed by atoms with Crippen LogP contribution in [0.1, 0.15) is 0 Å². The topological polar surface area (TPSA) is 52.4 Å². The summed E-state index contributed by atoms with van der Waals surface area (Å²) in [5.74, 6) is 0.975. The molecular formula is C22H29BrN4O2Si. The van der Waals surface area contributed by atoms with Crippen LogP contribution in [0.25, 0.3) is 22.3 Å². The van der Waals surface area contributed by atoms with Crippen LogP contribution in [-0.2, 0) is 16.2 Å². The number of benzene rings is 1. The minimum Gasteiger partial charge on any atom is -0.378 e. The van der Waals surface area contributed by atoms with E-state index in [4.69, 9.17) is 9.47 Å². The molecule has 30 heavy (non-hydrogen) atoms. The predicted octanol–water partition coefficient (Wildman–Crippen LogP) is 5.01. The maximum absolute atomic E-state index is 6.13. The summed E-state index contributed by atoms with van der Waals surface area (Å²) in [4.78, 5) is 11.6. The van der Waals surface area contributed by atoms with E-state index in [0.717, 1.165) is 71.5 Å². The molecule has 1 fully saturated rings. The Hall–Kier alpha value is -1.74. The fraction of sp³-hybridized carbons (Fsp3) is 0.455. The van der Waals surface area contributed by atoms with Gasteiger partial charge in [0.15, 0.2) is 0 Å². The molecule has 1 aliphatic heterocycles. The molecule has 2 aromatic heterocycles. The molecule has 160 valence electrons. The van der Waals surface area contributed by atoms with Crippen molar-refractivity contribution in [2.75, 3.05) is 37.8 Å². The summed E-state index contributed by atoms with van der Waals surface area (Å²) in [6.07, 6.45) is 1.66. The zero-order chi connectivity index (χ0) is 21.1. The van der Waals surface area contributed by atoms with Crippen LogP contribution in [0, 0.1) is 0 Å². The third-order valence-electron chi connectivity index (χ3n) is 5.34. The summed E-state index contributed by atoms with van der Waals surface area (Å²) in [6.45, 7) is 11.5. The number of hydrogen-bond donors (Lipinski definition) is 0. The van der Waals surface area contributed by atoms with Gasteiger partial charge in [-0.3, -0.25) is 0 Å². The number of aromatic nitrogens is 3.